The fraction of sp³-hybridized carbons (Fsp3) is 0.517. The zero-order chi connectivity index (χ0) is 22.6. The molecule has 0 radical (unpaired) electrons. The number of aromatic nitrogens is 1. The van der Waals surface area contributed by atoms with Gasteiger partial charge in [-0.25, -0.2) is 4.39 Å². The van der Waals surface area contributed by atoms with Gasteiger partial charge in [0.05, 0.1) is 6.04 Å². The van der Waals surface area contributed by atoms with Gasteiger partial charge in [-0.05, 0) is 87.4 Å². The number of hydrogen-bond donors (Lipinski definition) is 2. The molecule has 6 aliphatic rings. The van der Waals surface area contributed by atoms with Crippen LogP contribution in [0, 0.1) is 11.7 Å². The minimum Gasteiger partial charge on any atom is -0.384 e. The maximum atomic E-state index is 16.1. The molecule has 1 unspecified atom stereocenters. The number of likely N-dealkylation sites (tertiary alicyclic amines) is 1. The first kappa shape index (κ1) is 19.9. The van der Waals surface area contributed by atoms with Gasteiger partial charge >= 0.3 is 0 Å². The highest BCUT2D eigenvalue weighted by Gasteiger charge is 2.73. The zero-order valence-electron chi connectivity index (χ0n) is 19.9. The summed E-state index contributed by atoms with van der Waals surface area (Å²) in [7, 11) is 0. The number of fused-ring (bicyclic) bond motifs is 7. The lowest BCUT2D eigenvalue weighted by Crippen LogP contribution is -2.78. The van der Waals surface area contributed by atoms with Gasteiger partial charge in [-0.3, -0.25) is 4.90 Å². The maximum Gasteiger partial charge on any atom is 0.130 e. The van der Waals surface area contributed by atoms with Gasteiger partial charge in [-0.1, -0.05) is 18.2 Å². The second-order valence-electron chi connectivity index (χ2n) is 11.6. The summed E-state index contributed by atoms with van der Waals surface area (Å²) < 4.78 is 16.1. The number of anilines is 1. The third kappa shape index (κ3) is 2.45. The average Bonchev–Trinajstić information content (AvgIpc) is 3.41. The van der Waals surface area contributed by atoms with Crippen molar-refractivity contribution in [3.8, 4) is 0 Å². The van der Waals surface area contributed by atoms with Crippen LogP contribution in [0.2, 0.25) is 0 Å². The molecule has 2 aromatic carbocycles. The maximum absolute atomic E-state index is 16.1. The van der Waals surface area contributed by atoms with Crippen molar-refractivity contribution in [3.05, 3.63) is 64.6 Å². The van der Waals surface area contributed by atoms with Crippen LogP contribution in [0.25, 0.3) is 10.9 Å². The molecule has 1 spiro atoms. The Morgan fingerprint density at radius 3 is 2.76 bits per heavy atom. The fourth-order valence-corrected chi connectivity index (χ4v) is 8.46. The van der Waals surface area contributed by atoms with Crippen molar-refractivity contribution in [1.82, 2.24) is 14.8 Å². The van der Waals surface area contributed by atoms with Gasteiger partial charge in [0.15, 0.2) is 0 Å². The van der Waals surface area contributed by atoms with Crippen LogP contribution in [0.3, 0.4) is 0 Å². The van der Waals surface area contributed by atoms with E-state index in [1.807, 2.05) is 0 Å². The Morgan fingerprint density at radius 2 is 1.97 bits per heavy atom. The SMILES string of the molecule is C[C@@H]1Cc2c([nH]c3ccccc23)[C@H]2c3c(F)cc(NCCN4CCCC4)cc3C3C4CC3(C4)N21. The second-order valence-corrected chi connectivity index (χ2v) is 11.6. The summed E-state index contributed by atoms with van der Waals surface area (Å²) >= 11 is 0. The van der Waals surface area contributed by atoms with E-state index in [0.717, 1.165) is 36.7 Å². The Balaban J connectivity index is 1.23. The van der Waals surface area contributed by atoms with Gasteiger partial charge in [0, 0.05) is 58.4 Å². The van der Waals surface area contributed by atoms with Gasteiger partial charge in [0.1, 0.15) is 5.82 Å². The van der Waals surface area contributed by atoms with Crippen molar-refractivity contribution in [2.75, 3.05) is 31.5 Å². The number of nitrogens with zero attached hydrogens (tertiary/aromatic N) is 2. The van der Waals surface area contributed by atoms with E-state index in [-0.39, 0.29) is 17.4 Å². The Bertz CT molecular complexity index is 1300. The quantitative estimate of drug-likeness (QED) is 0.551. The van der Waals surface area contributed by atoms with Crippen LogP contribution in [0.4, 0.5) is 10.1 Å². The van der Waals surface area contributed by atoms with Gasteiger partial charge in [-0.2, -0.15) is 0 Å². The smallest absolute Gasteiger partial charge is 0.130 e. The number of halogens is 1. The van der Waals surface area contributed by atoms with Crippen molar-refractivity contribution in [3.63, 3.8) is 0 Å². The molecule has 2 N–H and O–H groups in total. The Morgan fingerprint density at radius 1 is 1.15 bits per heavy atom. The monoisotopic (exact) mass is 456 g/mol. The van der Waals surface area contributed by atoms with Crippen LogP contribution in [0.5, 0.6) is 0 Å². The predicted molar refractivity (Wildman–Crippen MR) is 134 cm³/mol. The molecule has 5 heteroatoms. The molecule has 176 valence electrons. The van der Waals surface area contributed by atoms with Crippen molar-refractivity contribution < 1.29 is 4.39 Å². The summed E-state index contributed by atoms with van der Waals surface area (Å²) in [4.78, 5) is 8.98. The van der Waals surface area contributed by atoms with E-state index >= 15 is 4.39 Å². The molecule has 4 nitrogen and oxygen atoms in total. The van der Waals surface area contributed by atoms with Crippen molar-refractivity contribution in [2.24, 2.45) is 5.92 Å². The van der Waals surface area contributed by atoms with Crippen LogP contribution >= 0.6 is 0 Å². The molecule has 3 aliphatic carbocycles. The Labute approximate surface area is 200 Å². The third-order valence-electron chi connectivity index (χ3n) is 9.89. The van der Waals surface area contributed by atoms with Crippen LogP contribution in [-0.2, 0) is 6.42 Å². The molecule has 4 fully saturated rings. The second kappa shape index (κ2) is 6.86. The summed E-state index contributed by atoms with van der Waals surface area (Å²) in [5, 5.41) is 4.88. The van der Waals surface area contributed by atoms with Crippen molar-refractivity contribution in [1.29, 1.82) is 0 Å². The van der Waals surface area contributed by atoms with Crippen molar-refractivity contribution >= 4 is 16.6 Å². The first-order chi connectivity index (χ1) is 16.6. The molecule has 9 rings (SSSR count). The number of rotatable bonds is 4. The fourth-order valence-electron chi connectivity index (χ4n) is 8.46. The molecule has 3 saturated carbocycles. The first-order valence-corrected chi connectivity index (χ1v) is 13.3. The van der Waals surface area contributed by atoms with E-state index in [9.17, 15) is 0 Å². The highest BCUT2D eigenvalue weighted by molar-refractivity contribution is 5.85. The minimum atomic E-state index is -0.0315. The molecule has 1 saturated heterocycles. The van der Waals surface area contributed by atoms with Crippen LogP contribution in [0.1, 0.15) is 67.0 Å². The number of H-pyrrole nitrogens is 1. The highest BCUT2D eigenvalue weighted by Crippen LogP contribution is 2.75. The summed E-state index contributed by atoms with van der Waals surface area (Å²) in [6.07, 6.45) is 6.22. The average molecular weight is 457 g/mol. The molecule has 3 atom stereocenters. The van der Waals surface area contributed by atoms with E-state index in [1.54, 1.807) is 6.07 Å². The van der Waals surface area contributed by atoms with E-state index in [0.29, 0.717) is 12.0 Å². The summed E-state index contributed by atoms with van der Waals surface area (Å²) in [6.45, 7) is 6.70. The number of nitrogens with one attached hydrogen (secondary N) is 2. The molecule has 2 bridgehead atoms. The highest BCUT2D eigenvalue weighted by atomic mass is 19.1. The first-order valence-electron chi connectivity index (χ1n) is 13.3. The molecule has 1 aromatic heterocycles. The summed E-state index contributed by atoms with van der Waals surface area (Å²) in [5.74, 6) is 1.20. The van der Waals surface area contributed by atoms with Gasteiger partial charge in [-0.15, -0.1) is 0 Å². The molecule has 3 aliphatic heterocycles. The van der Waals surface area contributed by atoms with Crippen LogP contribution in [0.15, 0.2) is 36.4 Å². The standard InChI is InChI=1S/C29H33FN4/c1-17-12-21-20-6-2-3-7-24(20)32-27(21)28-25-22(26-18-15-29(26,16-18)34(17)28)13-19(14-23(25)30)31-8-11-33-9-4-5-10-33/h2-3,6-7,13-14,17-18,26,28,31-32H,4-5,8-12,15-16H2,1H3/t17-,18?,26?,28-,29?/m1/s1. The van der Waals surface area contributed by atoms with Gasteiger partial charge < -0.3 is 15.2 Å². The number of aromatic amines is 1. The summed E-state index contributed by atoms with van der Waals surface area (Å²) in [5.41, 5.74) is 7.23. The molecule has 4 heterocycles. The summed E-state index contributed by atoms with van der Waals surface area (Å²) in [6, 6.07) is 13.1. The predicted octanol–water partition coefficient (Wildman–Crippen LogP) is 5.41. The van der Waals surface area contributed by atoms with Crippen LogP contribution < -0.4 is 5.32 Å². The lowest BCUT2D eigenvalue weighted by atomic mass is 9.37. The number of para-hydroxylation sites is 1. The molecule has 3 aromatic rings. The lowest BCUT2D eigenvalue weighted by molar-refractivity contribution is -0.209. The third-order valence-corrected chi connectivity index (χ3v) is 9.89. The Kier molecular flexibility index (Phi) is 4.01. The molecular weight excluding hydrogens is 423 g/mol. The number of benzene rings is 2. The Hall–Kier alpha value is -2.37. The zero-order valence-corrected chi connectivity index (χ0v) is 19.9. The van der Waals surface area contributed by atoms with Crippen molar-refractivity contribution in [2.45, 2.75) is 62.6 Å². The molecule has 0 amide bonds. The van der Waals surface area contributed by atoms with E-state index in [1.165, 1.54) is 66.5 Å². The molecular formula is C29H33FN4. The van der Waals surface area contributed by atoms with Gasteiger partial charge in [0.2, 0.25) is 0 Å². The lowest BCUT2D eigenvalue weighted by Gasteiger charge is -2.77. The van der Waals surface area contributed by atoms with Gasteiger partial charge in [0.25, 0.3) is 0 Å². The van der Waals surface area contributed by atoms with E-state index < -0.39 is 0 Å². The largest absolute Gasteiger partial charge is 0.384 e. The molecule has 34 heavy (non-hydrogen) atoms. The normalized spacial score (nSPS) is 33.5. The van der Waals surface area contributed by atoms with Crippen LogP contribution in [-0.4, -0.2) is 52.5 Å². The van der Waals surface area contributed by atoms with E-state index in [2.05, 4.69) is 57.4 Å². The number of hydrogen-bond acceptors (Lipinski definition) is 3. The topological polar surface area (TPSA) is 34.3 Å². The van der Waals surface area contributed by atoms with E-state index in [4.69, 9.17) is 0 Å². The minimum absolute atomic E-state index is 0.00250.